The van der Waals surface area contributed by atoms with Gasteiger partial charge in [0.25, 0.3) is 11.6 Å². The molecule has 0 N–H and O–H groups in total. The smallest absolute Gasteiger partial charge is 0.269 e. The van der Waals surface area contributed by atoms with Crippen molar-refractivity contribution >= 4 is 34.5 Å². The minimum absolute atomic E-state index is 0.0244. The molecule has 0 aliphatic carbocycles. The fraction of sp³-hybridized carbons (Fsp3) is 0.143. The number of non-ortho nitro benzene ring substituents is 1. The number of anilines is 1. The Morgan fingerprint density at radius 1 is 0.838 bits per heavy atom. The number of rotatable bonds is 6. The molecule has 4 aromatic rings. The molecule has 37 heavy (non-hydrogen) atoms. The fourth-order valence-corrected chi connectivity index (χ4v) is 6.04. The Morgan fingerprint density at radius 3 is 2.19 bits per heavy atom. The number of amides is 2. The van der Waals surface area contributed by atoms with E-state index in [9.17, 15) is 19.7 Å². The Kier molecular flexibility index (Phi) is 5.78. The Morgan fingerprint density at radius 2 is 1.51 bits per heavy atom. The van der Waals surface area contributed by atoms with Crippen molar-refractivity contribution in [3.8, 4) is 10.4 Å². The lowest BCUT2D eigenvalue weighted by atomic mass is 9.95. The Bertz CT molecular complexity index is 1470. The van der Waals surface area contributed by atoms with Gasteiger partial charge in [0.2, 0.25) is 5.91 Å². The van der Waals surface area contributed by atoms with Crippen LogP contribution >= 0.6 is 11.3 Å². The first-order chi connectivity index (χ1) is 18.0. The van der Waals surface area contributed by atoms with Crippen molar-refractivity contribution in [1.82, 2.24) is 4.90 Å². The van der Waals surface area contributed by atoms with Crippen LogP contribution in [0, 0.1) is 16.0 Å². The van der Waals surface area contributed by atoms with Gasteiger partial charge in [0.15, 0.2) is 6.10 Å². The highest BCUT2D eigenvalue weighted by atomic mass is 32.1. The molecule has 0 unspecified atom stereocenters. The predicted molar refractivity (Wildman–Crippen MR) is 138 cm³/mol. The van der Waals surface area contributed by atoms with Crippen molar-refractivity contribution in [2.75, 3.05) is 5.06 Å². The first kappa shape index (κ1) is 23.1. The number of hydrogen-bond acceptors (Lipinski definition) is 7. The Balaban J connectivity index is 1.36. The third-order valence-electron chi connectivity index (χ3n) is 6.68. The molecular weight excluding hydrogens is 490 g/mol. The third kappa shape index (κ3) is 4.08. The summed E-state index contributed by atoms with van der Waals surface area (Å²) in [6, 6.07) is 28.6. The number of fused-ring (bicyclic) bond motifs is 1. The van der Waals surface area contributed by atoms with Crippen LogP contribution in [0.25, 0.3) is 10.4 Å². The number of benzene rings is 3. The maximum absolute atomic E-state index is 13.7. The van der Waals surface area contributed by atoms with Crippen LogP contribution in [0.2, 0.25) is 0 Å². The lowest BCUT2D eigenvalue weighted by Gasteiger charge is -2.27. The summed E-state index contributed by atoms with van der Waals surface area (Å²) in [6.07, 6.45) is -0.911. The van der Waals surface area contributed by atoms with Gasteiger partial charge in [-0.1, -0.05) is 48.5 Å². The van der Waals surface area contributed by atoms with Crippen LogP contribution in [-0.2, 0) is 21.0 Å². The molecule has 0 saturated carbocycles. The van der Waals surface area contributed by atoms with Crippen molar-refractivity contribution in [3.05, 3.63) is 118 Å². The highest BCUT2D eigenvalue weighted by Gasteiger charge is 2.60. The van der Waals surface area contributed by atoms with Crippen molar-refractivity contribution in [2.45, 2.75) is 18.7 Å². The maximum Gasteiger partial charge on any atom is 0.269 e. The Labute approximate surface area is 216 Å². The predicted octanol–water partition coefficient (Wildman–Crippen LogP) is 5.37. The number of likely N-dealkylation sites (tertiary alicyclic amines) is 1. The van der Waals surface area contributed by atoms with E-state index in [2.05, 4.69) is 0 Å². The molecule has 0 bridgehead atoms. The molecular formula is C28H21N3O5S. The van der Waals surface area contributed by atoms with E-state index < -0.39 is 23.0 Å². The summed E-state index contributed by atoms with van der Waals surface area (Å²) in [5, 5.41) is 12.7. The summed E-state index contributed by atoms with van der Waals surface area (Å²) in [7, 11) is 0. The van der Waals surface area contributed by atoms with Gasteiger partial charge in [0, 0.05) is 21.9 Å². The number of imide groups is 1. The van der Waals surface area contributed by atoms with Crippen LogP contribution in [0.4, 0.5) is 11.4 Å². The van der Waals surface area contributed by atoms with Gasteiger partial charge in [-0.3, -0.25) is 29.4 Å². The molecule has 3 heterocycles. The fourth-order valence-electron chi connectivity index (χ4n) is 4.90. The maximum atomic E-state index is 13.7. The van der Waals surface area contributed by atoms with Gasteiger partial charge in [-0.15, -0.1) is 11.3 Å². The summed E-state index contributed by atoms with van der Waals surface area (Å²) in [5.74, 6) is -1.29. The molecule has 6 rings (SSSR count). The molecule has 2 aliphatic rings. The molecule has 3 aromatic carbocycles. The Hall–Kier alpha value is -4.34. The number of nitrogens with zero attached hydrogens (tertiary/aromatic N) is 3. The largest absolute Gasteiger partial charge is 0.275 e. The van der Waals surface area contributed by atoms with Crippen molar-refractivity contribution in [2.24, 2.45) is 5.92 Å². The van der Waals surface area contributed by atoms with E-state index in [4.69, 9.17) is 4.84 Å². The average Bonchev–Trinajstić information content (AvgIpc) is 3.62. The van der Waals surface area contributed by atoms with Gasteiger partial charge in [0.05, 0.1) is 17.2 Å². The molecule has 2 aliphatic heterocycles. The lowest BCUT2D eigenvalue weighted by molar-refractivity contribution is -0.384. The number of carbonyl (C=O) groups is 2. The number of nitro groups is 1. The molecule has 8 nitrogen and oxygen atoms in total. The van der Waals surface area contributed by atoms with Gasteiger partial charge in [-0.25, -0.2) is 5.06 Å². The van der Waals surface area contributed by atoms with Crippen molar-refractivity contribution in [1.29, 1.82) is 0 Å². The van der Waals surface area contributed by atoms with Crippen LogP contribution in [0.5, 0.6) is 0 Å². The first-order valence-corrected chi connectivity index (χ1v) is 12.6. The number of hydroxylamine groups is 1. The van der Waals surface area contributed by atoms with Crippen molar-refractivity contribution < 1.29 is 19.3 Å². The van der Waals surface area contributed by atoms with E-state index in [-0.39, 0.29) is 24.0 Å². The second-order valence-corrected chi connectivity index (χ2v) is 10.0. The van der Waals surface area contributed by atoms with Crippen molar-refractivity contribution in [3.63, 3.8) is 0 Å². The SMILES string of the molecule is O=C1[C@@H]2[C@@H](c3ccc(-c4ccc([N+](=O)[O-])cc4)s3)N(c3ccccc3)O[C@H]2C(=O)N1Cc1ccccc1. The second kappa shape index (κ2) is 9.27. The van der Waals surface area contributed by atoms with E-state index in [0.29, 0.717) is 0 Å². The molecule has 3 atom stereocenters. The molecule has 0 spiro atoms. The van der Waals surface area contributed by atoms with Gasteiger partial charge in [-0.05, 0) is 47.5 Å². The molecule has 1 aromatic heterocycles. The number of hydrogen-bond donors (Lipinski definition) is 0. The minimum atomic E-state index is -0.911. The van der Waals surface area contributed by atoms with Crippen LogP contribution in [0.15, 0.2) is 97.1 Å². The molecule has 2 amide bonds. The topological polar surface area (TPSA) is 93.0 Å². The van der Waals surface area contributed by atoms with Crippen LogP contribution in [0.3, 0.4) is 0 Å². The van der Waals surface area contributed by atoms with Gasteiger partial charge in [-0.2, -0.15) is 0 Å². The van der Waals surface area contributed by atoms with E-state index in [0.717, 1.165) is 26.6 Å². The minimum Gasteiger partial charge on any atom is -0.275 e. The summed E-state index contributed by atoms with van der Waals surface area (Å²) in [5.41, 5.74) is 2.49. The van der Waals surface area contributed by atoms with Gasteiger partial charge < -0.3 is 0 Å². The lowest BCUT2D eigenvalue weighted by Crippen LogP contribution is -2.36. The zero-order valence-corrected chi connectivity index (χ0v) is 20.3. The molecule has 9 heteroatoms. The molecule has 2 saturated heterocycles. The summed E-state index contributed by atoms with van der Waals surface area (Å²) >= 11 is 1.48. The van der Waals surface area contributed by atoms with E-state index in [1.807, 2.05) is 72.8 Å². The monoisotopic (exact) mass is 511 g/mol. The zero-order valence-electron chi connectivity index (χ0n) is 19.5. The van der Waals surface area contributed by atoms with Crippen LogP contribution < -0.4 is 5.06 Å². The normalized spacial score (nSPS) is 20.9. The van der Waals surface area contributed by atoms with Crippen LogP contribution in [-0.4, -0.2) is 27.7 Å². The van der Waals surface area contributed by atoms with E-state index in [1.165, 1.54) is 28.4 Å². The average molecular weight is 512 g/mol. The van der Waals surface area contributed by atoms with Gasteiger partial charge >= 0.3 is 0 Å². The number of carbonyl (C=O) groups excluding carboxylic acids is 2. The second-order valence-electron chi connectivity index (χ2n) is 8.91. The zero-order chi connectivity index (χ0) is 25.5. The highest BCUT2D eigenvalue weighted by molar-refractivity contribution is 7.15. The number of nitro benzene ring substituents is 1. The summed E-state index contributed by atoms with van der Waals surface area (Å²) in [4.78, 5) is 46.9. The molecule has 184 valence electrons. The van der Waals surface area contributed by atoms with E-state index in [1.54, 1.807) is 17.2 Å². The molecule has 0 radical (unpaired) electrons. The number of thiophene rings is 1. The standard InChI is InChI=1S/C28H21N3O5S/c32-27-24-25(23-16-15-22(37-23)19-11-13-21(14-12-19)31(34)35)30(20-9-5-2-6-10-20)36-26(24)28(33)29(27)17-18-7-3-1-4-8-18/h1-16,24-26H,17H2/t24-,25-,26-/m1/s1. The highest BCUT2D eigenvalue weighted by Crippen LogP contribution is 2.49. The third-order valence-corrected chi connectivity index (χ3v) is 7.89. The first-order valence-electron chi connectivity index (χ1n) is 11.8. The number of para-hydroxylation sites is 1. The van der Waals surface area contributed by atoms with E-state index >= 15 is 0 Å². The quantitative estimate of drug-likeness (QED) is 0.196. The summed E-state index contributed by atoms with van der Waals surface area (Å²) < 4.78 is 0. The van der Waals surface area contributed by atoms with Crippen LogP contribution in [0.1, 0.15) is 16.5 Å². The summed E-state index contributed by atoms with van der Waals surface area (Å²) in [6.45, 7) is 0.200. The van der Waals surface area contributed by atoms with Gasteiger partial charge in [0.1, 0.15) is 12.0 Å². The molecule has 2 fully saturated rings.